The highest BCUT2D eigenvalue weighted by Crippen LogP contribution is 2.68. The minimum absolute atomic E-state index is 0.0298. The van der Waals surface area contributed by atoms with E-state index >= 15 is 0 Å². The second kappa shape index (κ2) is 2.67. The minimum Gasteiger partial charge on any atom is -0.281 e. The second-order valence-electron chi connectivity index (χ2n) is 4.67. The van der Waals surface area contributed by atoms with E-state index in [1.54, 1.807) is 0 Å². The Balaban J connectivity index is 2.02. The smallest absolute Gasteiger partial charge is 0.225 e. The lowest BCUT2D eigenvalue weighted by molar-refractivity contribution is -0.112. The van der Waals surface area contributed by atoms with Gasteiger partial charge < -0.3 is 0 Å². The largest absolute Gasteiger partial charge is 0.281 e. The molecule has 2 aromatic rings. The number of benzene rings is 2. The molecule has 78 valence electrons. The van der Waals surface area contributed by atoms with Gasteiger partial charge in [0.2, 0.25) is 5.24 Å². The number of halogens is 1. The summed E-state index contributed by atoms with van der Waals surface area (Å²) in [5, 5.41) is 2.46. The van der Waals surface area contributed by atoms with Crippen LogP contribution in [0.4, 0.5) is 0 Å². The van der Waals surface area contributed by atoms with Crippen molar-refractivity contribution in [3.05, 3.63) is 47.5 Å². The normalized spacial score (nSPS) is 29.2. The van der Waals surface area contributed by atoms with Crippen LogP contribution in [0.5, 0.6) is 0 Å². The first-order valence-electron chi connectivity index (χ1n) is 5.50. The Morgan fingerprint density at radius 3 is 2.06 bits per heavy atom. The van der Waals surface area contributed by atoms with Gasteiger partial charge in [0, 0.05) is 17.8 Å². The van der Waals surface area contributed by atoms with Crippen molar-refractivity contribution in [3.63, 3.8) is 0 Å². The van der Waals surface area contributed by atoms with Crippen molar-refractivity contribution in [2.24, 2.45) is 5.92 Å². The summed E-state index contributed by atoms with van der Waals surface area (Å²) in [7, 11) is 0. The second-order valence-corrected chi connectivity index (χ2v) is 5.05. The first-order valence-corrected chi connectivity index (χ1v) is 5.88. The molecule has 0 heterocycles. The van der Waals surface area contributed by atoms with E-state index in [1.807, 2.05) is 0 Å². The van der Waals surface area contributed by atoms with Crippen LogP contribution in [-0.2, 0) is 4.79 Å². The molecule has 0 amide bonds. The fourth-order valence-electron chi connectivity index (χ4n) is 3.32. The zero-order chi connectivity index (χ0) is 10.9. The Morgan fingerprint density at radius 1 is 1.00 bits per heavy atom. The standard InChI is InChI=1S/C14H9ClO/c15-14(16)13-11-8-5-1-3-7-4-2-6-9(10(7)8)12(11)13/h1-6,11-13H/t11-,12-/m0/s1. The Morgan fingerprint density at radius 2 is 1.56 bits per heavy atom. The highest BCUT2D eigenvalue weighted by Gasteiger charge is 2.59. The predicted molar refractivity (Wildman–Crippen MR) is 63.8 cm³/mol. The van der Waals surface area contributed by atoms with Gasteiger partial charge in [0.1, 0.15) is 0 Å². The molecule has 2 aromatic carbocycles. The summed E-state index contributed by atoms with van der Waals surface area (Å²) in [6, 6.07) is 12.7. The number of carbonyl (C=O) groups excluding carboxylic acids is 1. The van der Waals surface area contributed by atoms with Crippen molar-refractivity contribution in [2.75, 3.05) is 0 Å². The highest BCUT2D eigenvalue weighted by atomic mass is 35.5. The van der Waals surface area contributed by atoms with Gasteiger partial charge in [-0.15, -0.1) is 0 Å². The molecular formula is C14H9ClO. The van der Waals surface area contributed by atoms with Crippen LogP contribution in [0.1, 0.15) is 23.0 Å². The lowest BCUT2D eigenvalue weighted by Gasteiger charge is -2.06. The molecule has 4 rings (SSSR count). The summed E-state index contributed by atoms with van der Waals surface area (Å²) >= 11 is 5.64. The van der Waals surface area contributed by atoms with Gasteiger partial charge in [0.05, 0.1) is 0 Å². The molecule has 2 atom stereocenters. The van der Waals surface area contributed by atoms with Crippen LogP contribution in [0.2, 0.25) is 0 Å². The lowest BCUT2D eigenvalue weighted by atomic mass is 9.98. The Kier molecular flexibility index (Phi) is 1.46. The van der Waals surface area contributed by atoms with E-state index in [9.17, 15) is 4.79 Å². The fraction of sp³-hybridized carbons (Fsp3) is 0.214. The van der Waals surface area contributed by atoms with Gasteiger partial charge in [-0.1, -0.05) is 36.4 Å². The van der Waals surface area contributed by atoms with Crippen LogP contribution in [0.3, 0.4) is 0 Å². The molecule has 1 nitrogen and oxygen atoms in total. The third kappa shape index (κ3) is 0.863. The molecular weight excluding hydrogens is 220 g/mol. The molecule has 0 unspecified atom stereocenters. The lowest BCUT2D eigenvalue weighted by Crippen LogP contribution is -1.97. The first kappa shape index (κ1) is 8.77. The van der Waals surface area contributed by atoms with Crippen molar-refractivity contribution < 1.29 is 4.79 Å². The number of rotatable bonds is 1. The van der Waals surface area contributed by atoms with E-state index in [1.165, 1.54) is 21.9 Å². The zero-order valence-electron chi connectivity index (χ0n) is 8.48. The van der Waals surface area contributed by atoms with Crippen molar-refractivity contribution in [1.82, 2.24) is 0 Å². The summed E-state index contributed by atoms with van der Waals surface area (Å²) in [5.41, 5.74) is 2.63. The Bertz CT molecular complexity index is 587. The molecule has 0 N–H and O–H groups in total. The van der Waals surface area contributed by atoms with E-state index in [2.05, 4.69) is 36.4 Å². The number of fused-ring (bicyclic) bond motifs is 3. The molecule has 2 aliphatic rings. The van der Waals surface area contributed by atoms with Gasteiger partial charge in [0.15, 0.2) is 0 Å². The average molecular weight is 229 g/mol. The molecule has 16 heavy (non-hydrogen) atoms. The van der Waals surface area contributed by atoms with Gasteiger partial charge in [-0.05, 0) is 33.5 Å². The van der Waals surface area contributed by atoms with E-state index in [-0.39, 0.29) is 11.2 Å². The number of hydrogen-bond acceptors (Lipinski definition) is 1. The van der Waals surface area contributed by atoms with Crippen LogP contribution in [0, 0.1) is 5.92 Å². The summed E-state index contributed by atoms with van der Waals surface area (Å²) in [5.74, 6) is 0.736. The van der Waals surface area contributed by atoms with Crippen molar-refractivity contribution in [2.45, 2.75) is 11.8 Å². The van der Waals surface area contributed by atoms with E-state index in [0.29, 0.717) is 11.8 Å². The average Bonchev–Trinajstić information content (AvgIpc) is 2.95. The van der Waals surface area contributed by atoms with Crippen molar-refractivity contribution >= 4 is 27.6 Å². The molecule has 0 spiro atoms. The molecule has 0 saturated heterocycles. The summed E-state index contributed by atoms with van der Waals surface area (Å²) in [6.45, 7) is 0. The molecule has 1 fully saturated rings. The molecule has 0 aromatic heterocycles. The Hall–Kier alpha value is -1.34. The maximum absolute atomic E-state index is 11.3. The maximum Gasteiger partial charge on any atom is 0.225 e. The van der Waals surface area contributed by atoms with Gasteiger partial charge in [-0.25, -0.2) is 0 Å². The molecule has 2 aliphatic carbocycles. The first-order chi connectivity index (χ1) is 7.79. The molecule has 0 radical (unpaired) electrons. The van der Waals surface area contributed by atoms with Gasteiger partial charge in [-0.2, -0.15) is 0 Å². The topological polar surface area (TPSA) is 17.1 Å². The van der Waals surface area contributed by atoms with E-state index in [4.69, 9.17) is 11.6 Å². The minimum atomic E-state index is -0.179. The summed E-state index contributed by atoms with van der Waals surface area (Å²) in [4.78, 5) is 11.3. The zero-order valence-corrected chi connectivity index (χ0v) is 9.24. The van der Waals surface area contributed by atoms with Crippen molar-refractivity contribution in [3.8, 4) is 0 Å². The highest BCUT2D eigenvalue weighted by molar-refractivity contribution is 6.64. The van der Waals surface area contributed by atoms with E-state index < -0.39 is 0 Å². The molecule has 1 saturated carbocycles. The van der Waals surface area contributed by atoms with Crippen LogP contribution in [-0.4, -0.2) is 5.24 Å². The van der Waals surface area contributed by atoms with E-state index in [0.717, 1.165) is 0 Å². The van der Waals surface area contributed by atoms with Crippen LogP contribution >= 0.6 is 11.6 Å². The Labute approximate surface area is 98.0 Å². The molecule has 0 bridgehead atoms. The van der Waals surface area contributed by atoms with Gasteiger partial charge in [0.25, 0.3) is 0 Å². The van der Waals surface area contributed by atoms with Crippen LogP contribution < -0.4 is 0 Å². The van der Waals surface area contributed by atoms with Crippen LogP contribution in [0.15, 0.2) is 36.4 Å². The summed E-state index contributed by atoms with van der Waals surface area (Å²) < 4.78 is 0. The number of carbonyl (C=O) groups is 1. The quantitative estimate of drug-likeness (QED) is 0.684. The third-order valence-corrected chi connectivity index (χ3v) is 4.22. The monoisotopic (exact) mass is 228 g/mol. The number of hydrogen-bond donors (Lipinski definition) is 0. The molecule has 0 aliphatic heterocycles. The third-order valence-electron chi connectivity index (χ3n) is 3.97. The maximum atomic E-state index is 11.3. The van der Waals surface area contributed by atoms with Gasteiger partial charge >= 0.3 is 0 Å². The summed E-state index contributed by atoms with van der Waals surface area (Å²) in [6.07, 6.45) is 0. The SMILES string of the molecule is O=C(Cl)C1[C@H]2c3cccc4cccc(c34)[C@H]12. The molecule has 2 heteroatoms. The van der Waals surface area contributed by atoms with Crippen LogP contribution in [0.25, 0.3) is 10.8 Å². The van der Waals surface area contributed by atoms with Gasteiger partial charge in [-0.3, -0.25) is 4.79 Å². The van der Waals surface area contributed by atoms with Crippen molar-refractivity contribution in [1.29, 1.82) is 0 Å². The predicted octanol–water partition coefficient (Wildman–Crippen LogP) is 3.42. The fourth-order valence-corrected chi connectivity index (χ4v) is 3.59.